The van der Waals surface area contributed by atoms with Crippen molar-refractivity contribution in [1.29, 1.82) is 5.26 Å². The summed E-state index contributed by atoms with van der Waals surface area (Å²) in [6.07, 6.45) is 5.76. The number of hydrogen-bond acceptors (Lipinski definition) is 8. The molecule has 1 aliphatic heterocycles. The maximum atomic E-state index is 11.7. The number of carboxylic acid groups (broad SMARTS) is 1. The number of hydrogen-bond donors (Lipinski definition) is 1. The van der Waals surface area contributed by atoms with Crippen molar-refractivity contribution >= 4 is 40.2 Å². The Balaban J connectivity index is 1.08. The average molecular weight is 622 g/mol. The van der Waals surface area contributed by atoms with Crippen LogP contribution in [0.2, 0.25) is 10.0 Å². The van der Waals surface area contributed by atoms with Crippen LogP contribution >= 0.6 is 23.2 Å². The summed E-state index contributed by atoms with van der Waals surface area (Å²) in [6.45, 7) is 3.07. The van der Waals surface area contributed by atoms with Gasteiger partial charge in [0.15, 0.2) is 5.82 Å². The second-order valence-electron chi connectivity index (χ2n) is 11.2. The molecule has 0 atom stereocenters. The third-order valence-corrected chi connectivity index (χ3v) is 8.63. The van der Waals surface area contributed by atoms with E-state index >= 15 is 0 Å². The van der Waals surface area contributed by atoms with Crippen LogP contribution in [-0.4, -0.2) is 54.7 Å². The highest BCUT2D eigenvalue weighted by atomic mass is 35.5. The van der Waals surface area contributed by atoms with Crippen molar-refractivity contribution in [3.05, 3.63) is 75.9 Å². The van der Waals surface area contributed by atoms with Crippen LogP contribution in [0.1, 0.15) is 54.1 Å². The summed E-state index contributed by atoms with van der Waals surface area (Å²) >= 11 is 12.1. The Morgan fingerprint density at radius 3 is 2.65 bits per heavy atom. The largest absolute Gasteiger partial charge is 0.484 e. The lowest BCUT2D eigenvalue weighted by atomic mass is 10.0. The van der Waals surface area contributed by atoms with E-state index in [1.807, 2.05) is 0 Å². The summed E-state index contributed by atoms with van der Waals surface area (Å²) in [6, 6.07) is 14.2. The molecule has 1 saturated carbocycles. The molecule has 43 heavy (non-hydrogen) atoms. The molecule has 1 aliphatic carbocycles. The molecule has 0 radical (unpaired) electrons. The molecule has 0 unspecified atom stereocenters. The van der Waals surface area contributed by atoms with Gasteiger partial charge in [0.1, 0.15) is 24.3 Å². The number of aromatic nitrogens is 4. The van der Waals surface area contributed by atoms with Crippen molar-refractivity contribution in [2.24, 2.45) is 5.41 Å². The van der Waals surface area contributed by atoms with E-state index in [0.717, 1.165) is 55.6 Å². The predicted molar refractivity (Wildman–Crippen MR) is 160 cm³/mol. The number of carboxylic acids is 1. The van der Waals surface area contributed by atoms with Crippen LogP contribution in [0.3, 0.4) is 0 Å². The molecule has 2 aromatic carbocycles. The third kappa shape index (κ3) is 6.85. The minimum absolute atomic E-state index is 0.00734. The van der Waals surface area contributed by atoms with Gasteiger partial charge in [0.2, 0.25) is 5.88 Å². The monoisotopic (exact) mass is 620 g/mol. The number of nitriles is 1. The number of fused-ring (bicyclic) bond motifs is 1. The second kappa shape index (κ2) is 12.4. The fourth-order valence-electron chi connectivity index (χ4n) is 5.48. The van der Waals surface area contributed by atoms with Crippen molar-refractivity contribution in [1.82, 2.24) is 24.4 Å². The molecule has 2 aliphatic rings. The maximum absolute atomic E-state index is 11.7. The molecule has 4 aromatic rings. The van der Waals surface area contributed by atoms with Gasteiger partial charge in [0.25, 0.3) is 0 Å². The van der Waals surface area contributed by atoms with Gasteiger partial charge < -0.3 is 19.1 Å². The zero-order chi connectivity index (χ0) is 30.0. The molecule has 10 nitrogen and oxygen atoms in total. The van der Waals surface area contributed by atoms with E-state index in [2.05, 4.69) is 25.5 Å². The average Bonchev–Trinajstić information content (AvgIpc) is 3.67. The molecular weight excluding hydrogens is 591 g/mol. The van der Waals surface area contributed by atoms with Gasteiger partial charge in [0, 0.05) is 48.8 Å². The van der Waals surface area contributed by atoms with Crippen LogP contribution in [0.25, 0.3) is 11.0 Å². The van der Waals surface area contributed by atoms with Gasteiger partial charge in [-0.3, -0.25) is 4.90 Å². The highest BCUT2D eigenvalue weighted by Crippen LogP contribution is 2.50. The first-order chi connectivity index (χ1) is 20.8. The highest BCUT2D eigenvalue weighted by molar-refractivity contribution is 6.35. The Morgan fingerprint density at radius 1 is 1.12 bits per heavy atom. The summed E-state index contributed by atoms with van der Waals surface area (Å²) in [5.74, 6) is 1.41. The minimum Gasteiger partial charge on any atom is -0.484 e. The van der Waals surface area contributed by atoms with Crippen molar-refractivity contribution < 1.29 is 19.4 Å². The predicted octanol–water partition coefficient (Wildman–Crippen LogP) is 6.15. The van der Waals surface area contributed by atoms with Gasteiger partial charge in [-0.15, -0.1) is 0 Å². The quantitative estimate of drug-likeness (QED) is 0.210. The van der Waals surface area contributed by atoms with Gasteiger partial charge in [-0.05, 0) is 62.1 Å². The summed E-state index contributed by atoms with van der Waals surface area (Å²) in [5, 5.41) is 19.9. The molecule has 12 heteroatoms. The molecule has 222 valence electrons. The molecule has 1 N–H and O–H groups in total. The SMILES string of the molecule is N#CCC1(Cn2c(CN3CCC(Oc4ccnc(COc5ccc(Cl)cc5Cl)n4)CC3)nc3ccc(C(=O)O)cc32)CC1. The van der Waals surface area contributed by atoms with Crippen LogP contribution in [0, 0.1) is 16.7 Å². The fraction of sp³-hybridized carbons (Fsp3) is 0.387. The van der Waals surface area contributed by atoms with E-state index in [0.29, 0.717) is 47.0 Å². The summed E-state index contributed by atoms with van der Waals surface area (Å²) < 4.78 is 14.1. The van der Waals surface area contributed by atoms with Crippen LogP contribution in [0.15, 0.2) is 48.7 Å². The number of halogens is 2. The smallest absolute Gasteiger partial charge is 0.335 e. The van der Waals surface area contributed by atoms with Crippen molar-refractivity contribution in [2.75, 3.05) is 13.1 Å². The van der Waals surface area contributed by atoms with E-state index in [1.54, 1.807) is 48.7 Å². The number of carbonyl (C=O) groups is 1. The van der Waals surface area contributed by atoms with Gasteiger partial charge in [0.05, 0.1) is 34.2 Å². The molecule has 0 bridgehead atoms. The Kier molecular flexibility index (Phi) is 8.39. The first kappa shape index (κ1) is 29.2. The number of imidazole rings is 1. The number of aromatic carboxylic acids is 1. The molecule has 0 amide bonds. The van der Waals surface area contributed by atoms with Crippen LogP contribution in [0.4, 0.5) is 0 Å². The number of nitrogens with zero attached hydrogens (tertiary/aromatic N) is 6. The molecule has 2 aromatic heterocycles. The Morgan fingerprint density at radius 2 is 1.93 bits per heavy atom. The van der Waals surface area contributed by atoms with Crippen LogP contribution < -0.4 is 9.47 Å². The summed E-state index contributed by atoms with van der Waals surface area (Å²) in [4.78, 5) is 27.7. The molecule has 1 saturated heterocycles. The van der Waals surface area contributed by atoms with E-state index in [-0.39, 0.29) is 23.7 Å². The second-order valence-corrected chi connectivity index (χ2v) is 12.1. The maximum Gasteiger partial charge on any atom is 0.335 e. The Hall–Kier alpha value is -3.91. The molecule has 2 fully saturated rings. The van der Waals surface area contributed by atoms with Gasteiger partial charge in [-0.2, -0.15) is 10.2 Å². The standard InChI is InChI=1S/C31H30Cl2N6O4/c32-21-2-4-26(23(33)16-21)42-18-27-35-12-5-29(37-27)43-22-6-13-38(14-7-22)17-28-36-24-3-1-20(30(40)41)15-25(24)39(28)19-31(8-9-31)10-11-34/h1-5,12,15-16,22H,6-10,13-14,17-19H2,(H,40,41). The Labute approximate surface area is 258 Å². The van der Waals surface area contributed by atoms with Gasteiger partial charge >= 0.3 is 5.97 Å². The summed E-state index contributed by atoms with van der Waals surface area (Å²) in [7, 11) is 0. The lowest BCUT2D eigenvalue weighted by Crippen LogP contribution is -2.38. The fourth-order valence-corrected chi connectivity index (χ4v) is 5.94. The van der Waals surface area contributed by atoms with E-state index in [1.165, 1.54) is 0 Å². The molecule has 6 rings (SSSR count). The number of piperidine rings is 1. The molecular formula is C31H30Cl2N6O4. The van der Waals surface area contributed by atoms with Gasteiger partial charge in [-0.25, -0.2) is 14.8 Å². The number of benzene rings is 2. The number of rotatable bonds is 11. The van der Waals surface area contributed by atoms with Gasteiger partial charge in [-0.1, -0.05) is 23.2 Å². The van der Waals surface area contributed by atoms with Crippen molar-refractivity contribution in [3.63, 3.8) is 0 Å². The first-order valence-electron chi connectivity index (χ1n) is 14.2. The zero-order valence-electron chi connectivity index (χ0n) is 23.4. The lowest BCUT2D eigenvalue weighted by molar-refractivity contribution is 0.0697. The van der Waals surface area contributed by atoms with Crippen molar-refractivity contribution in [3.8, 4) is 17.7 Å². The van der Waals surface area contributed by atoms with E-state index < -0.39 is 5.97 Å². The molecule has 0 spiro atoms. The highest BCUT2D eigenvalue weighted by Gasteiger charge is 2.43. The van der Waals surface area contributed by atoms with Crippen LogP contribution in [0.5, 0.6) is 11.6 Å². The van der Waals surface area contributed by atoms with Crippen LogP contribution in [-0.2, 0) is 19.7 Å². The van der Waals surface area contributed by atoms with E-state index in [4.69, 9.17) is 37.7 Å². The zero-order valence-corrected chi connectivity index (χ0v) is 24.9. The van der Waals surface area contributed by atoms with Crippen molar-refractivity contribution in [2.45, 2.75) is 57.9 Å². The lowest BCUT2D eigenvalue weighted by Gasteiger charge is -2.32. The molecule has 3 heterocycles. The first-order valence-corrected chi connectivity index (χ1v) is 14.9. The number of likely N-dealkylation sites (tertiary alicyclic amines) is 1. The Bertz CT molecular complexity index is 1690. The topological polar surface area (TPSA) is 126 Å². The normalized spacial score (nSPS) is 16.6. The number of ether oxygens (including phenoxy) is 2. The third-order valence-electron chi connectivity index (χ3n) is 8.10. The summed E-state index contributed by atoms with van der Waals surface area (Å²) in [5.41, 5.74) is 1.75. The van der Waals surface area contributed by atoms with E-state index in [9.17, 15) is 15.2 Å². The minimum atomic E-state index is -0.967.